The highest BCUT2D eigenvalue weighted by molar-refractivity contribution is 7.09. The molecule has 2 aromatic rings. The average molecular weight is 293 g/mol. The average Bonchev–Trinajstić information content (AvgIpc) is 2.89. The summed E-state index contributed by atoms with van der Waals surface area (Å²) >= 11 is 1.42. The standard InChI is InChI=1S/C14H16FN3OS/c1-9-2-3-10(6-11(9)15)7-17-14(19)12-8-20-13(18-12)4-5-16/h2-3,6,8H,4-5,7,16H2,1H3,(H,17,19). The van der Waals surface area contributed by atoms with Crippen LogP contribution in [-0.2, 0) is 13.0 Å². The molecule has 1 aromatic heterocycles. The lowest BCUT2D eigenvalue weighted by atomic mass is 10.1. The predicted octanol–water partition coefficient (Wildman–Crippen LogP) is 2.02. The third-order valence-electron chi connectivity index (χ3n) is 2.83. The molecule has 0 saturated carbocycles. The summed E-state index contributed by atoms with van der Waals surface area (Å²) in [5, 5.41) is 5.28. The molecule has 0 fully saturated rings. The van der Waals surface area contributed by atoms with E-state index in [0.29, 0.717) is 24.2 Å². The molecule has 0 aliphatic heterocycles. The maximum atomic E-state index is 13.4. The van der Waals surface area contributed by atoms with E-state index in [1.165, 1.54) is 17.4 Å². The number of nitrogens with zero attached hydrogens (tertiary/aromatic N) is 1. The first-order chi connectivity index (χ1) is 9.60. The van der Waals surface area contributed by atoms with Crippen molar-refractivity contribution in [2.24, 2.45) is 5.73 Å². The molecule has 1 aromatic carbocycles. The molecule has 0 saturated heterocycles. The van der Waals surface area contributed by atoms with Crippen molar-refractivity contribution in [1.29, 1.82) is 0 Å². The highest BCUT2D eigenvalue weighted by Crippen LogP contribution is 2.11. The maximum absolute atomic E-state index is 13.4. The Kier molecular flexibility index (Phi) is 4.81. The number of amides is 1. The molecule has 3 N–H and O–H groups in total. The molecule has 0 spiro atoms. The van der Waals surface area contributed by atoms with E-state index in [0.717, 1.165) is 10.6 Å². The molecular formula is C14H16FN3OS. The Morgan fingerprint density at radius 2 is 2.30 bits per heavy atom. The lowest BCUT2D eigenvalue weighted by molar-refractivity contribution is 0.0946. The van der Waals surface area contributed by atoms with Crippen molar-refractivity contribution in [3.63, 3.8) is 0 Å². The Bertz CT molecular complexity index is 612. The van der Waals surface area contributed by atoms with Gasteiger partial charge in [-0.15, -0.1) is 11.3 Å². The van der Waals surface area contributed by atoms with E-state index in [2.05, 4.69) is 10.3 Å². The molecule has 4 nitrogen and oxygen atoms in total. The molecule has 0 aliphatic carbocycles. The summed E-state index contributed by atoms with van der Waals surface area (Å²) < 4.78 is 13.4. The number of nitrogens with one attached hydrogen (secondary N) is 1. The number of hydrogen-bond donors (Lipinski definition) is 2. The molecule has 106 valence electrons. The smallest absolute Gasteiger partial charge is 0.271 e. The molecule has 0 atom stereocenters. The Morgan fingerprint density at radius 1 is 1.50 bits per heavy atom. The van der Waals surface area contributed by atoms with E-state index >= 15 is 0 Å². The summed E-state index contributed by atoms with van der Waals surface area (Å²) in [5.41, 5.74) is 7.13. The second-order valence-corrected chi connectivity index (χ2v) is 5.37. The lowest BCUT2D eigenvalue weighted by Gasteiger charge is -2.05. The molecule has 0 aliphatic rings. The SMILES string of the molecule is Cc1ccc(CNC(=O)c2csc(CCN)n2)cc1F. The number of aryl methyl sites for hydroxylation is 1. The van der Waals surface area contributed by atoms with Crippen LogP contribution in [0.15, 0.2) is 23.6 Å². The van der Waals surface area contributed by atoms with Crippen LogP contribution in [0.4, 0.5) is 4.39 Å². The molecule has 0 radical (unpaired) electrons. The summed E-state index contributed by atoms with van der Waals surface area (Å²) in [5.74, 6) is -0.527. The van der Waals surface area contributed by atoms with Crippen molar-refractivity contribution in [2.75, 3.05) is 6.54 Å². The minimum absolute atomic E-state index is 0.259. The van der Waals surface area contributed by atoms with E-state index in [4.69, 9.17) is 5.73 Å². The minimum Gasteiger partial charge on any atom is -0.347 e. The van der Waals surface area contributed by atoms with Gasteiger partial charge in [-0.1, -0.05) is 12.1 Å². The van der Waals surface area contributed by atoms with Crippen LogP contribution in [0.25, 0.3) is 0 Å². The summed E-state index contributed by atoms with van der Waals surface area (Å²) in [6.45, 7) is 2.49. The fourth-order valence-corrected chi connectivity index (χ4v) is 2.47. The second kappa shape index (κ2) is 6.58. The van der Waals surface area contributed by atoms with Crippen LogP contribution in [0, 0.1) is 12.7 Å². The Hall–Kier alpha value is -1.79. The molecule has 6 heteroatoms. The Balaban J connectivity index is 1.95. The largest absolute Gasteiger partial charge is 0.347 e. The Labute approximate surface area is 120 Å². The van der Waals surface area contributed by atoms with Gasteiger partial charge in [0.25, 0.3) is 5.91 Å². The van der Waals surface area contributed by atoms with E-state index < -0.39 is 0 Å². The van der Waals surface area contributed by atoms with Gasteiger partial charge in [0.1, 0.15) is 11.5 Å². The van der Waals surface area contributed by atoms with Gasteiger partial charge < -0.3 is 11.1 Å². The zero-order valence-electron chi connectivity index (χ0n) is 11.1. The van der Waals surface area contributed by atoms with Crippen LogP contribution in [0.3, 0.4) is 0 Å². The fourth-order valence-electron chi connectivity index (χ4n) is 1.67. The molecule has 20 heavy (non-hydrogen) atoms. The first kappa shape index (κ1) is 14.6. The topological polar surface area (TPSA) is 68.0 Å². The second-order valence-electron chi connectivity index (χ2n) is 4.43. The molecule has 2 rings (SSSR count). The van der Waals surface area contributed by atoms with Crippen molar-refractivity contribution < 1.29 is 9.18 Å². The maximum Gasteiger partial charge on any atom is 0.271 e. The van der Waals surface area contributed by atoms with Gasteiger partial charge in [-0.3, -0.25) is 4.79 Å². The number of carbonyl (C=O) groups excluding carboxylic acids is 1. The van der Waals surface area contributed by atoms with E-state index in [1.54, 1.807) is 24.4 Å². The zero-order valence-corrected chi connectivity index (χ0v) is 12.0. The minimum atomic E-state index is -0.268. The van der Waals surface area contributed by atoms with Crippen molar-refractivity contribution in [2.45, 2.75) is 19.9 Å². The van der Waals surface area contributed by atoms with Crippen LogP contribution in [-0.4, -0.2) is 17.4 Å². The molecule has 0 unspecified atom stereocenters. The van der Waals surface area contributed by atoms with Gasteiger partial charge in [-0.25, -0.2) is 9.37 Å². The third-order valence-corrected chi connectivity index (χ3v) is 3.74. The summed E-state index contributed by atoms with van der Waals surface area (Å²) in [6, 6.07) is 4.91. The first-order valence-corrected chi connectivity index (χ1v) is 7.16. The summed E-state index contributed by atoms with van der Waals surface area (Å²) in [4.78, 5) is 16.1. The monoisotopic (exact) mass is 293 g/mol. The number of thiazole rings is 1. The number of rotatable bonds is 5. The van der Waals surface area contributed by atoms with Crippen LogP contribution in [0.5, 0.6) is 0 Å². The third kappa shape index (κ3) is 3.61. The number of halogens is 1. The highest BCUT2D eigenvalue weighted by atomic mass is 32.1. The van der Waals surface area contributed by atoms with Crippen molar-refractivity contribution in [3.05, 3.63) is 51.2 Å². The van der Waals surface area contributed by atoms with Crippen LogP contribution in [0.2, 0.25) is 0 Å². The molecule has 1 amide bonds. The number of benzene rings is 1. The van der Waals surface area contributed by atoms with Crippen LogP contribution in [0.1, 0.15) is 26.6 Å². The van der Waals surface area contributed by atoms with Gasteiger partial charge >= 0.3 is 0 Å². The summed E-state index contributed by atoms with van der Waals surface area (Å²) in [7, 11) is 0. The zero-order chi connectivity index (χ0) is 14.5. The van der Waals surface area contributed by atoms with Gasteiger partial charge in [-0.05, 0) is 30.7 Å². The first-order valence-electron chi connectivity index (χ1n) is 6.28. The highest BCUT2D eigenvalue weighted by Gasteiger charge is 2.10. The molecular weight excluding hydrogens is 277 g/mol. The lowest BCUT2D eigenvalue weighted by Crippen LogP contribution is -2.23. The van der Waals surface area contributed by atoms with Gasteiger partial charge in [0, 0.05) is 18.3 Å². The Morgan fingerprint density at radius 3 is 3.00 bits per heavy atom. The normalized spacial score (nSPS) is 10.6. The molecule has 1 heterocycles. The summed E-state index contributed by atoms with van der Waals surface area (Å²) in [6.07, 6.45) is 0.668. The van der Waals surface area contributed by atoms with Crippen molar-refractivity contribution >= 4 is 17.2 Å². The predicted molar refractivity (Wildman–Crippen MR) is 77.2 cm³/mol. The van der Waals surface area contributed by atoms with E-state index in [-0.39, 0.29) is 18.3 Å². The van der Waals surface area contributed by atoms with Crippen LogP contribution >= 0.6 is 11.3 Å². The van der Waals surface area contributed by atoms with E-state index in [1.807, 2.05) is 0 Å². The quantitative estimate of drug-likeness (QED) is 0.886. The van der Waals surface area contributed by atoms with Gasteiger partial charge in [0.05, 0.1) is 5.01 Å². The van der Waals surface area contributed by atoms with Gasteiger partial charge in [0.15, 0.2) is 0 Å². The number of aromatic nitrogens is 1. The van der Waals surface area contributed by atoms with Crippen molar-refractivity contribution in [3.8, 4) is 0 Å². The van der Waals surface area contributed by atoms with E-state index in [9.17, 15) is 9.18 Å². The molecule has 0 bridgehead atoms. The number of nitrogens with two attached hydrogens (primary N) is 1. The number of carbonyl (C=O) groups is 1. The van der Waals surface area contributed by atoms with Crippen molar-refractivity contribution in [1.82, 2.24) is 10.3 Å². The van der Waals surface area contributed by atoms with Gasteiger partial charge in [-0.2, -0.15) is 0 Å². The van der Waals surface area contributed by atoms with Crippen LogP contribution < -0.4 is 11.1 Å². The fraction of sp³-hybridized carbons (Fsp3) is 0.286. The number of hydrogen-bond acceptors (Lipinski definition) is 4. The van der Waals surface area contributed by atoms with Gasteiger partial charge in [0.2, 0.25) is 0 Å².